The van der Waals surface area contributed by atoms with Crippen molar-refractivity contribution in [1.29, 1.82) is 0 Å². The van der Waals surface area contributed by atoms with Gasteiger partial charge in [-0.05, 0) is 43.5 Å². The van der Waals surface area contributed by atoms with Crippen molar-refractivity contribution in [2.24, 2.45) is 4.99 Å². The third-order valence-electron chi connectivity index (χ3n) is 3.66. The van der Waals surface area contributed by atoms with Crippen molar-refractivity contribution < 1.29 is 13.2 Å². The number of hydrogen-bond donors (Lipinski definition) is 2. The second-order valence-corrected chi connectivity index (χ2v) is 5.95. The molecule has 0 radical (unpaired) electrons. The second kappa shape index (κ2) is 11.2. The molecular formula is C18H25F3IN5. The van der Waals surface area contributed by atoms with Crippen molar-refractivity contribution in [3.8, 4) is 0 Å². The molecule has 9 heteroatoms. The topological polar surface area (TPSA) is 54.2 Å². The Morgan fingerprint density at radius 2 is 1.89 bits per heavy atom. The first-order chi connectivity index (χ1) is 12.4. The van der Waals surface area contributed by atoms with Crippen LogP contribution in [0.25, 0.3) is 0 Å². The number of nitrogens with zero attached hydrogens (tertiary/aromatic N) is 3. The molecule has 0 saturated heterocycles. The molecule has 0 spiro atoms. The summed E-state index contributed by atoms with van der Waals surface area (Å²) in [6.45, 7) is 6.50. The van der Waals surface area contributed by atoms with Gasteiger partial charge >= 0.3 is 6.18 Å². The van der Waals surface area contributed by atoms with Crippen LogP contribution in [0.5, 0.6) is 0 Å². The summed E-state index contributed by atoms with van der Waals surface area (Å²) in [6, 6.07) is 5.07. The number of aliphatic imine (C=N–C) groups is 1. The molecular weight excluding hydrogens is 470 g/mol. The molecule has 0 unspecified atom stereocenters. The van der Waals surface area contributed by atoms with E-state index >= 15 is 0 Å². The van der Waals surface area contributed by atoms with Crippen molar-refractivity contribution >= 4 is 29.9 Å². The fourth-order valence-corrected chi connectivity index (χ4v) is 2.35. The number of aromatic nitrogens is 2. The first kappa shape index (κ1) is 23.3. The van der Waals surface area contributed by atoms with Crippen LogP contribution in [0.1, 0.15) is 30.0 Å². The largest absolute Gasteiger partial charge is 0.416 e. The highest BCUT2D eigenvalue weighted by molar-refractivity contribution is 14.0. The van der Waals surface area contributed by atoms with E-state index in [1.165, 1.54) is 12.1 Å². The standard InChI is InChI=1S/C18H24F3N5.HI/c1-3-22-17(23-9-4-10-26-13-14(2)11-25-26)24-12-15-5-7-16(8-6-15)18(19,20)21;/h5-8,11,13H,3-4,9-10,12H2,1-2H3,(H2,22,23,24);1H. The molecule has 1 aromatic heterocycles. The zero-order chi connectivity index (χ0) is 19.0. The molecule has 0 bridgehead atoms. The van der Waals surface area contributed by atoms with Gasteiger partial charge in [-0.1, -0.05) is 12.1 Å². The van der Waals surface area contributed by atoms with Crippen LogP contribution in [0.2, 0.25) is 0 Å². The lowest BCUT2D eigenvalue weighted by molar-refractivity contribution is -0.137. The molecule has 0 amide bonds. The minimum absolute atomic E-state index is 0. The number of halogens is 4. The van der Waals surface area contributed by atoms with Crippen molar-refractivity contribution in [2.45, 2.75) is 39.5 Å². The van der Waals surface area contributed by atoms with Crippen LogP contribution in [-0.4, -0.2) is 28.8 Å². The first-order valence-electron chi connectivity index (χ1n) is 8.56. The summed E-state index contributed by atoms with van der Waals surface area (Å²) in [6.07, 6.45) is 0.379. The molecule has 1 heterocycles. The van der Waals surface area contributed by atoms with Gasteiger partial charge < -0.3 is 10.6 Å². The predicted octanol–water partition coefficient (Wildman–Crippen LogP) is 3.97. The lowest BCUT2D eigenvalue weighted by Gasteiger charge is -2.11. The number of alkyl halides is 3. The molecule has 0 atom stereocenters. The van der Waals surface area contributed by atoms with E-state index in [-0.39, 0.29) is 24.0 Å². The SMILES string of the molecule is CCNC(=NCc1ccc(C(F)(F)F)cc1)NCCCn1cc(C)cn1.I. The molecule has 0 aliphatic heterocycles. The fourth-order valence-electron chi connectivity index (χ4n) is 2.35. The van der Waals surface area contributed by atoms with Gasteiger partial charge in [0.25, 0.3) is 0 Å². The summed E-state index contributed by atoms with van der Waals surface area (Å²) in [7, 11) is 0. The van der Waals surface area contributed by atoms with E-state index in [4.69, 9.17) is 0 Å². The van der Waals surface area contributed by atoms with Gasteiger partial charge in [-0.25, -0.2) is 4.99 Å². The van der Waals surface area contributed by atoms with E-state index in [0.717, 1.165) is 42.8 Å². The molecule has 27 heavy (non-hydrogen) atoms. The fraction of sp³-hybridized carbons (Fsp3) is 0.444. The third kappa shape index (κ3) is 8.19. The van der Waals surface area contributed by atoms with E-state index in [1.807, 2.05) is 30.9 Å². The number of nitrogens with one attached hydrogen (secondary N) is 2. The molecule has 5 nitrogen and oxygen atoms in total. The van der Waals surface area contributed by atoms with Crippen LogP contribution in [0.15, 0.2) is 41.7 Å². The van der Waals surface area contributed by atoms with E-state index in [2.05, 4.69) is 20.7 Å². The monoisotopic (exact) mass is 495 g/mol. The van der Waals surface area contributed by atoms with Gasteiger partial charge in [-0.15, -0.1) is 24.0 Å². The Kier molecular flexibility index (Phi) is 9.61. The molecule has 2 rings (SSSR count). The van der Waals surface area contributed by atoms with Crippen LogP contribution in [0.4, 0.5) is 13.2 Å². The summed E-state index contributed by atoms with van der Waals surface area (Å²) >= 11 is 0. The third-order valence-corrected chi connectivity index (χ3v) is 3.66. The van der Waals surface area contributed by atoms with Gasteiger partial charge in [0.2, 0.25) is 0 Å². The van der Waals surface area contributed by atoms with Crippen LogP contribution in [-0.2, 0) is 19.3 Å². The number of rotatable bonds is 7. The molecule has 0 fully saturated rings. The average Bonchev–Trinajstić information content (AvgIpc) is 3.01. The van der Waals surface area contributed by atoms with Crippen molar-refractivity contribution in [1.82, 2.24) is 20.4 Å². The van der Waals surface area contributed by atoms with Gasteiger partial charge in [0.1, 0.15) is 0 Å². The summed E-state index contributed by atoms with van der Waals surface area (Å²) in [5, 5.41) is 10.6. The lowest BCUT2D eigenvalue weighted by atomic mass is 10.1. The Bertz CT molecular complexity index is 711. The van der Waals surface area contributed by atoms with Crippen molar-refractivity contribution in [3.63, 3.8) is 0 Å². The summed E-state index contributed by atoms with van der Waals surface area (Å²) in [5.74, 6) is 0.643. The average molecular weight is 495 g/mol. The molecule has 150 valence electrons. The normalized spacial score (nSPS) is 11.8. The Morgan fingerprint density at radius 3 is 2.44 bits per heavy atom. The van der Waals surface area contributed by atoms with Gasteiger partial charge in [-0.2, -0.15) is 18.3 Å². The van der Waals surface area contributed by atoms with Crippen molar-refractivity contribution in [2.75, 3.05) is 13.1 Å². The Balaban J connectivity index is 0.00000364. The summed E-state index contributed by atoms with van der Waals surface area (Å²) in [5.41, 5.74) is 1.20. The highest BCUT2D eigenvalue weighted by Gasteiger charge is 2.29. The van der Waals surface area contributed by atoms with Crippen LogP contribution in [0.3, 0.4) is 0 Å². The van der Waals surface area contributed by atoms with E-state index in [1.54, 1.807) is 0 Å². The van der Waals surface area contributed by atoms with Gasteiger partial charge in [0.15, 0.2) is 5.96 Å². The lowest BCUT2D eigenvalue weighted by Crippen LogP contribution is -2.38. The maximum Gasteiger partial charge on any atom is 0.416 e. The summed E-state index contributed by atoms with van der Waals surface area (Å²) < 4.78 is 39.6. The van der Waals surface area contributed by atoms with Crippen LogP contribution in [0, 0.1) is 6.92 Å². The van der Waals surface area contributed by atoms with E-state index < -0.39 is 11.7 Å². The van der Waals surface area contributed by atoms with Crippen LogP contribution >= 0.6 is 24.0 Å². The number of guanidine groups is 1. The maximum atomic E-state index is 12.6. The van der Waals surface area contributed by atoms with Gasteiger partial charge in [0.05, 0.1) is 18.3 Å². The molecule has 1 aromatic carbocycles. The van der Waals surface area contributed by atoms with Gasteiger partial charge in [0, 0.05) is 25.8 Å². The predicted molar refractivity (Wildman–Crippen MR) is 111 cm³/mol. The molecule has 0 saturated carbocycles. The highest BCUT2D eigenvalue weighted by Crippen LogP contribution is 2.29. The van der Waals surface area contributed by atoms with Crippen molar-refractivity contribution in [3.05, 3.63) is 53.3 Å². The smallest absolute Gasteiger partial charge is 0.357 e. The second-order valence-electron chi connectivity index (χ2n) is 5.95. The van der Waals surface area contributed by atoms with Gasteiger partial charge in [-0.3, -0.25) is 4.68 Å². The highest BCUT2D eigenvalue weighted by atomic mass is 127. The number of aryl methyl sites for hydroxylation is 2. The molecule has 2 aromatic rings. The molecule has 0 aliphatic carbocycles. The zero-order valence-electron chi connectivity index (χ0n) is 15.4. The van der Waals surface area contributed by atoms with Crippen LogP contribution < -0.4 is 10.6 Å². The Labute approximate surface area is 174 Å². The minimum atomic E-state index is -4.31. The summed E-state index contributed by atoms with van der Waals surface area (Å²) in [4.78, 5) is 4.41. The zero-order valence-corrected chi connectivity index (χ0v) is 17.7. The molecule has 2 N–H and O–H groups in total. The maximum absolute atomic E-state index is 12.6. The quantitative estimate of drug-likeness (QED) is 0.265. The molecule has 0 aliphatic rings. The number of hydrogen-bond acceptors (Lipinski definition) is 2. The van der Waals surface area contributed by atoms with E-state index in [9.17, 15) is 13.2 Å². The first-order valence-corrected chi connectivity index (χ1v) is 8.56. The Morgan fingerprint density at radius 1 is 1.19 bits per heavy atom. The Hall–Kier alpha value is -1.78. The number of benzene rings is 1. The van der Waals surface area contributed by atoms with E-state index in [0.29, 0.717) is 19.0 Å². The minimum Gasteiger partial charge on any atom is -0.357 e.